The smallest absolute Gasteiger partial charge is 0.306 e. The molecule has 0 aromatic heterocycles. The average molecular weight is 829 g/mol. The highest BCUT2D eigenvalue weighted by Gasteiger charge is 2.46. The predicted molar refractivity (Wildman–Crippen MR) is 224 cm³/mol. The molecule has 13 heteroatoms. The maximum absolute atomic E-state index is 12.8. The molecule has 0 saturated carbocycles. The summed E-state index contributed by atoms with van der Waals surface area (Å²) < 4.78 is 54.0. The van der Waals surface area contributed by atoms with E-state index in [0.717, 1.165) is 83.5 Å². The van der Waals surface area contributed by atoms with Crippen molar-refractivity contribution in [2.24, 2.45) is 0 Å². The molecule has 0 bridgehead atoms. The van der Waals surface area contributed by atoms with Gasteiger partial charge in [0.25, 0.3) is 10.1 Å². The van der Waals surface area contributed by atoms with Gasteiger partial charge in [0.15, 0.2) is 12.4 Å². The van der Waals surface area contributed by atoms with Gasteiger partial charge in [-0.3, -0.25) is 14.1 Å². The van der Waals surface area contributed by atoms with Crippen LogP contribution in [0.2, 0.25) is 0 Å². The first-order valence-electron chi connectivity index (χ1n) is 21.7. The zero-order valence-corrected chi connectivity index (χ0v) is 35.7. The molecule has 57 heavy (non-hydrogen) atoms. The lowest BCUT2D eigenvalue weighted by Crippen LogP contribution is -2.60. The summed E-state index contributed by atoms with van der Waals surface area (Å²) in [5.41, 5.74) is 0. The molecular weight excluding hydrogens is 753 g/mol. The van der Waals surface area contributed by atoms with Crippen LogP contribution in [-0.2, 0) is 38.7 Å². The van der Waals surface area contributed by atoms with Crippen LogP contribution in [0.5, 0.6) is 0 Å². The number of allylic oxidation sites excluding steroid dienone is 8. The van der Waals surface area contributed by atoms with Crippen molar-refractivity contribution in [1.29, 1.82) is 0 Å². The summed E-state index contributed by atoms with van der Waals surface area (Å²) in [4.78, 5) is 25.3. The minimum Gasteiger partial charge on any atom is -0.462 e. The first-order chi connectivity index (χ1) is 27.5. The van der Waals surface area contributed by atoms with Crippen molar-refractivity contribution in [2.75, 3.05) is 19.0 Å². The van der Waals surface area contributed by atoms with Gasteiger partial charge < -0.3 is 34.3 Å². The lowest BCUT2D eigenvalue weighted by Gasteiger charge is -2.40. The molecule has 2 unspecified atom stereocenters. The lowest BCUT2D eigenvalue weighted by atomic mass is 10.00. The van der Waals surface area contributed by atoms with Crippen molar-refractivity contribution < 1.29 is 56.8 Å². The Hall–Kier alpha value is -2.39. The van der Waals surface area contributed by atoms with Gasteiger partial charge in [0, 0.05) is 12.8 Å². The van der Waals surface area contributed by atoms with Crippen LogP contribution in [0, 0.1) is 0 Å². The third kappa shape index (κ3) is 29.5. The molecule has 0 aromatic carbocycles. The normalized spacial score (nSPS) is 21.0. The number of unbranched alkanes of at least 4 members (excludes halogenated alkanes) is 16. The summed E-state index contributed by atoms with van der Waals surface area (Å²) in [5, 5.41) is 30.8. The highest BCUT2D eigenvalue weighted by molar-refractivity contribution is 7.85. The summed E-state index contributed by atoms with van der Waals surface area (Å²) >= 11 is 0. The topological polar surface area (TPSA) is 186 Å². The summed E-state index contributed by atoms with van der Waals surface area (Å²) in [6.45, 7) is 3.66. The standard InChI is InChI=1S/C44H76O12S/c1-3-5-7-9-11-13-15-17-19-21-23-25-27-29-31-33-40(46)55-37(35-54-44-43(49)42(48)41(47)38(56-44)36-57(50,51)52)34-53-39(45)32-30-28-26-24-22-20-18-16-14-12-10-8-6-4-2/h10,12-13,15-19,37-38,41-44,47-49H,3-9,11,14,20-36H2,1-2H3,(H,50,51,52)/b12-10+,15-13+,18-16+,19-17+/t37-,38-,41-,42?,43?,44+/m1/s1. The molecule has 330 valence electrons. The van der Waals surface area contributed by atoms with E-state index >= 15 is 0 Å². The fourth-order valence-corrected chi connectivity index (χ4v) is 6.90. The molecule has 0 spiro atoms. The number of aliphatic hydroxyl groups excluding tert-OH is 3. The molecule has 0 aliphatic carbocycles. The molecule has 1 fully saturated rings. The zero-order chi connectivity index (χ0) is 42.0. The van der Waals surface area contributed by atoms with Crippen LogP contribution in [0.15, 0.2) is 48.6 Å². The molecule has 1 aliphatic heterocycles. The molecule has 1 rings (SSSR count). The van der Waals surface area contributed by atoms with Crippen molar-refractivity contribution in [3.63, 3.8) is 0 Å². The highest BCUT2D eigenvalue weighted by Crippen LogP contribution is 2.24. The van der Waals surface area contributed by atoms with Gasteiger partial charge in [-0.1, -0.05) is 133 Å². The third-order valence-corrected chi connectivity index (χ3v) is 10.4. The number of aliphatic hydroxyl groups is 3. The van der Waals surface area contributed by atoms with E-state index in [1.165, 1.54) is 38.5 Å². The van der Waals surface area contributed by atoms with E-state index < -0.39 is 71.2 Å². The van der Waals surface area contributed by atoms with Crippen molar-refractivity contribution >= 4 is 22.1 Å². The maximum atomic E-state index is 12.8. The van der Waals surface area contributed by atoms with E-state index in [2.05, 4.69) is 62.5 Å². The average Bonchev–Trinajstić information content (AvgIpc) is 3.17. The Kier molecular flexibility index (Phi) is 31.8. The minimum absolute atomic E-state index is 0.142. The van der Waals surface area contributed by atoms with Gasteiger partial charge >= 0.3 is 11.9 Å². The minimum atomic E-state index is -4.61. The summed E-state index contributed by atoms with van der Waals surface area (Å²) in [6, 6.07) is 0. The Morgan fingerprint density at radius 1 is 0.614 bits per heavy atom. The first-order valence-corrected chi connectivity index (χ1v) is 23.3. The first kappa shape index (κ1) is 52.6. The molecule has 0 radical (unpaired) electrons. The van der Waals surface area contributed by atoms with Gasteiger partial charge in [-0.05, 0) is 64.2 Å². The van der Waals surface area contributed by atoms with E-state index in [1.807, 2.05) is 0 Å². The quantitative estimate of drug-likeness (QED) is 0.0157. The van der Waals surface area contributed by atoms with Crippen molar-refractivity contribution in [3.05, 3.63) is 48.6 Å². The van der Waals surface area contributed by atoms with E-state index in [-0.39, 0.29) is 19.4 Å². The van der Waals surface area contributed by atoms with E-state index in [0.29, 0.717) is 12.8 Å². The van der Waals surface area contributed by atoms with Crippen LogP contribution in [0.1, 0.15) is 162 Å². The Bertz CT molecular complexity index is 1250. The number of carbonyl (C=O) groups excluding carboxylic acids is 2. The summed E-state index contributed by atoms with van der Waals surface area (Å²) in [7, 11) is -4.61. The second kappa shape index (κ2) is 34.5. The zero-order valence-electron chi connectivity index (χ0n) is 34.9. The van der Waals surface area contributed by atoms with Gasteiger partial charge in [0.1, 0.15) is 36.8 Å². The van der Waals surface area contributed by atoms with Crippen molar-refractivity contribution in [1.82, 2.24) is 0 Å². The molecule has 1 saturated heterocycles. The summed E-state index contributed by atoms with van der Waals surface area (Å²) in [6.07, 6.45) is 30.1. The van der Waals surface area contributed by atoms with Gasteiger partial charge in [-0.15, -0.1) is 0 Å². The second-order valence-corrected chi connectivity index (χ2v) is 16.5. The van der Waals surface area contributed by atoms with E-state index in [4.69, 9.17) is 18.9 Å². The molecule has 6 atom stereocenters. The molecule has 4 N–H and O–H groups in total. The van der Waals surface area contributed by atoms with Gasteiger partial charge in [0.2, 0.25) is 0 Å². The van der Waals surface area contributed by atoms with Crippen LogP contribution in [-0.4, -0.2) is 96.0 Å². The van der Waals surface area contributed by atoms with Crippen molar-refractivity contribution in [3.8, 4) is 0 Å². The molecular formula is C44H76O12S. The Balaban J connectivity index is 2.50. The fraction of sp³-hybridized carbons (Fsp3) is 0.773. The Morgan fingerprint density at radius 3 is 1.70 bits per heavy atom. The molecule has 1 aliphatic rings. The van der Waals surface area contributed by atoms with E-state index in [1.54, 1.807) is 0 Å². The number of carbonyl (C=O) groups is 2. The Labute approximate surface area is 343 Å². The number of ether oxygens (including phenoxy) is 4. The molecule has 12 nitrogen and oxygen atoms in total. The predicted octanol–water partition coefficient (Wildman–Crippen LogP) is 8.39. The van der Waals surface area contributed by atoms with Crippen LogP contribution in [0.4, 0.5) is 0 Å². The van der Waals surface area contributed by atoms with Crippen LogP contribution < -0.4 is 0 Å². The lowest BCUT2D eigenvalue weighted by molar-refractivity contribution is -0.297. The van der Waals surface area contributed by atoms with E-state index in [9.17, 15) is 37.9 Å². The highest BCUT2D eigenvalue weighted by atomic mass is 32.2. The summed E-state index contributed by atoms with van der Waals surface area (Å²) in [5.74, 6) is -2.03. The van der Waals surface area contributed by atoms with Crippen LogP contribution in [0.25, 0.3) is 0 Å². The number of esters is 2. The maximum Gasteiger partial charge on any atom is 0.306 e. The van der Waals surface area contributed by atoms with Gasteiger partial charge in [-0.25, -0.2) is 0 Å². The van der Waals surface area contributed by atoms with Gasteiger partial charge in [0.05, 0.1) is 6.61 Å². The number of rotatable bonds is 35. The van der Waals surface area contributed by atoms with Crippen LogP contribution in [0.3, 0.4) is 0 Å². The van der Waals surface area contributed by atoms with Gasteiger partial charge in [-0.2, -0.15) is 8.42 Å². The monoisotopic (exact) mass is 829 g/mol. The van der Waals surface area contributed by atoms with Crippen molar-refractivity contribution in [2.45, 2.75) is 198 Å². The number of hydrogen-bond acceptors (Lipinski definition) is 11. The fourth-order valence-electron chi connectivity index (χ4n) is 6.21. The SMILES string of the molecule is CCCC/C=C/C/C=C/CCCCCCCC(=O)OC[C@H](CO[C@H]1O[C@H](CS(=O)(=O)O)[C@@H](O)C(O)C1O)OC(=O)CCCCCCC/C=C/C=C/CCCCCC. The number of hydrogen-bond donors (Lipinski definition) is 4. The molecule has 0 aromatic rings. The van der Waals surface area contributed by atoms with Crippen LogP contribution >= 0.6 is 0 Å². The molecule has 0 amide bonds. The molecule has 1 heterocycles. The third-order valence-electron chi connectivity index (χ3n) is 9.66. The largest absolute Gasteiger partial charge is 0.462 e. The second-order valence-electron chi connectivity index (χ2n) is 15.0. The Morgan fingerprint density at radius 2 is 1.12 bits per heavy atom.